The quantitative estimate of drug-likeness (QED) is 0.771. The Kier molecular flexibility index (Phi) is 6.29. The van der Waals surface area contributed by atoms with Crippen molar-refractivity contribution in [3.05, 3.63) is 29.6 Å². The molecule has 106 valence electrons. The number of nitrogens with one attached hydrogen (secondary N) is 1. The monoisotopic (exact) mass is 269 g/mol. The van der Waals surface area contributed by atoms with Gasteiger partial charge in [-0.3, -0.25) is 4.79 Å². The van der Waals surface area contributed by atoms with Gasteiger partial charge in [0.05, 0.1) is 0 Å². The van der Waals surface area contributed by atoms with E-state index < -0.39 is 11.9 Å². The molecule has 1 amide bonds. The normalized spacial score (nSPS) is 12.0. The standard InChI is InChI=1S/C14H20FNO3/c1-10-6-4-7-12(13(10)15)19-11(2)14(17)16-8-5-9-18-3/h4,6-7,11H,5,8-9H2,1-3H3,(H,16,17). The summed E-state index contributed by atoms with van der Waals surface area (Å²) in [5.41, 5.74) is 0.491. The van der Waals surface area contributed by atoms with Crippen molar-refractivity contribution in [3.8, 4) is 5.75 Å². The van der Waals surface area contributed by atoms with Gasteiger partial charge in [-0.15, -0.1) is 0 Å². The lowest BCUT2D eigenvalue weighted by atomic mass is 10.2. The summed E-state index contributed by atoms with van der Waals surface area (Å²) in [4.78, 5) is 11.7. The van der Waals surface area contributed by atoms with E-state index in [1.807, 2.05) is 0 Å². The number of amides is 1. The second-order valence-electron chi connectivity index (χ2n) is 4.28. The van der Waals surface area contributed by atoms with Gasteiger partial charge >= 0.3 is 0 Å². The van der Waals surface area contributed by atoms with Crippen LogP contribution < -0.4 is 10.1 Å². The van der Waals surface area contributed by atoms with E-state index in [2.05, 4.69) is 5.32 Å². The summed E-state index contributed by atoms with van der Waals surface area (Å²) >= 11 is 0. The van der Waals surface area contributed by atoms with Gasteiger partial charge < -0.3 is 14.8 Å². The van der Waals surface area contributed by atoms with Crippen molar-refractivity contribution < 1.29 is 18.7 Å². The Balaban J connectivity index is 2.47. The summed E-state index contributed by atoms with van der Waals surface area (Å²) in [6.45, 7) is 4.34. The van der Waals surface area contributed by atoms with Crippen LogP contribution in [0.15, 0.2) is 18.2 Å². The molecule has 0 aliphatic carbocycles. The number of hydrogen-bond acceptors (Lipinski definition) is 3. The van der Waals surface area contributed by atoms with Gasteiger partial charge in [0.2, 0.25) is 0 Å². The largest absolute Gasteiger partial charge is 0.478 e. The van der Waals surface area contributed by atoms with E-state index in [0.717, 1.165) is 6.42 Å². The molecule has 1 N–H and O–H groups in total. The SMILES string of the molecule is COCCCNC(=O)C(C)Oc1cccc(C)c1F. The molecule has 1 atom stereocenters. The number of carbonyl (C=O) groups is 1. The molecular weight excluding hydrogens is 249 g/mol. The molecule has 0 aromatic heterocycles. The zero-order valence-corrected chi connectivity index (χ0v) is 11.5. The Morgan fingerprint density at radius 3 is 2.89 bits per heavy atom. The fourth-order valence-electron chi connectivity index (χ4n) is 1.53. The molecule has 1 aromatic rings. The Labute approximate surface area is 112 Å². The van der Waals surface area contributed by atoms with Crippen LogP contribution in [0, 0.1) is 12.7 Å². The van der Waals surface area contributed by atoms with Crippen LogP contribution in [0.3, 0.4) is 0 Å². The van der Waals surface area contributed by atoms with E-state index in [9.17, 15) is 9.18 Å². The molecule has 5 heteroatoms. The molecule has 0 radical (unpaired) electrons. The third-order valence-corrected chi connectivity index (χ3v) is 2.65. The van der Waals surface area contributed by atoms with Gasteiger partial charge in [0, 0.05) is 20.3 Å². The number of carbonyl (C=O) groups excluding carboxylic acids is 1. The lowest BCUT2D eigenvalue weighted by Crippen LogP contribution is -2.37. The summed E-state index contributed by atoms with van der Waals surface area (Å²) < 4.78 is 23.9. The molecule has 1 rings (SSSR count). The number of hydrogen-bond donors (Lipinski definition) is 1. The predicted octanol–water partition coefficient (Wildman–Crippen LogP) is 2.05. The van der Waals surface area contributed by atoms with Crippen molar-refractivity contribution in [2.24, 2.45) is 0 Å². The summed E-state index contributed by atoms with van der Waals surface area (Å²) in [5.74, 6) is -0.599. The maximum Gasteiger partial charge on any atom is 0.260 e. The van der Waals surface area contributed by atoms with Gasteiger partial charge in [0.1, 0.15) is 0 Å². The molecule has 0 aliphatic rings. The van der Waals surface area contributed by atoms with Crippen molar-refractivity contribution in [2.75, 3.05) is 20.3 Å². The van der Waals surface area contributed by atoms with Gasteiger partial charge in [-0.1, -0.05) is 12.1 Å². The summed E-state index contributed by atoms with van der Waals surface area (Å²) in [6, 6.07) is 4.85. The highest BCUT2D eigenvalue weighted by Crippen LogP contribution is 2.20. The zero-order chi connectivity index (χ0) is 14.3. The van der Waals surface area contributed by atoms with E-state index in [1.54, 1.807) is 33.1 Å². The van der Waals surface area contributed by atoms with Crippen LogP contribution in [0.25, 0.3) is 0 Å². The number of aryl methyl sites for hydroxylation is 1. The zero-order valence-electron chi connectivity index (χ0n) is 11.5. The highest BCUT2D eigenvalue weighted by molar-refractivity contribution is 5.80. The minimum Gasteiger partial charge on any atom is -0.478 e. The summed E-state index contributed by atoms with van der Waals surface area (Å²) in [5, 5.41) is 2.71. The van der Waals surface area contributed by atoms with Crippen molar-refractivity contribution in [1.29, 1.82) is 0 Å². The molecule has 0 heterocycles. The third kappa shape index (κ3) is 4.87. The second kappa shape index (κ2) is 7.74. The Hall–Kier alpha value is -1.62. The fraction of sp³-hybridized carbons (Fsp3) is 0.500. The van der Waals surface area contributed by atoms with Crippen LogP contribution in [0.1, 0.15) is 18.9 Å². The molecule has 0 spiro atoms. The Morgan fingerprint density at radius 2 is 2.21 bits per heavy atom. The van der Waals surface area contributed by atoms with Crippen LogP contribution >= 0.6 is 0 Å². The van der Waals surface area contributed by atoms with Gasteiger partial charge in [-0.2, -0.15) is 0 Å². The minimum atomic E-state index is -0.737. The Morgan fingerprint density at radius 1 is 1.47 bits per heavy atom. The highest BCUT2D eigenvalue weighted by atomic mass is 19.1. The minimum absolute atomic E-state index is 0.0968. The predicted molar refractivity (Wildman–Crippen MR) is 70.7 cm³/mol. The first-order valence-corrected chi connectivity index (χ1v) is 6.24. The van der Waals surface area contributed by atoms with Crippen LogP contribution in [0.4, 0.5) is 4.39 Å². The lowest BCUT2D eigenvalue weighted by molar-refractivity contribution is -0.127. The van der Waals surface area contributed by atoms with Gasteiger partial charge in [-0.05, 0) is 31.9 Å². The molecule has 0 saturated carbocycles. The maximum atomic E-state index is 13.7. The maximum absolute atomic E-state index is 13.7. The van der Waals surface area contributed by atoms with Crippen molar-refractivity contribution in [3.63, 3.8) is 0 Å². The molecule has 1 unspecified atom stereocenters. The number of rotatable bonds is 7. The molecule has 4 nitrogen and oxygen atoms in total. The number of benzene rings is 1. The second-order valence-corrected chi connectivity index (χ2v) is 4.28. The van der Waals surface area contributed by atoms with Crippen LogP contribution in [0.2, 0.25) is 0 Å². The van der Waals surface area contributed by atoms with Crippen LogP contribution in [-0.4, -0.2) is 32.3 Å². The molecule has 0 saturated heterocycles. The number of halogens is 1. The van der Waals surface area contributed by atoms with E-state index in [0.29, 0.717) is 18.7 Å². The van der Waals surface area contributed by atoms with Crippen molar-refractivity contribution in [1.82, 2.24) is 5.32 Å². The van der Waals surface area contributed by atoms with Crippen molar-refractivity contribution >= 4 is 5.91 Å². The van der Waals surface area contributed by atoms with E-state index in [4.69, 9.17) is 9.47 Å². The molecule has 0 fully saturated rings. The first kappa shape index (κ1) is 15.4. The molecule has 19 heavy (non-hydrogen) atoms. The Bertz CT molecular complexity index is 423. The van der Waals surface area contributed by atoms with Gasteiger partial charge in [-0.25, -0.2) is 4.39 Å². The third-order valence-electron chi connectivity index (χ3n) is 2.65. The van der Waals surface area contributed by atoms with E-state index >= 15 is 0 Å². The molecular formula is C14H20FNO3. The first-order chi connectivity index (χ1) is 9.06. The van der Waals surface area contributed by atoms with Crippen LogP contribution in [0.5, 0.6) is 5.75 Å². The topological polar surface area (TPSA) is 47.6 Å². The summed E-state index contributed by atoms with van der Waals surface area (Å²) in [6.07, 6.45) is -0.00725. The highest BCUT2D eigenvalue weighted by Gasteiger charge is 2.16. The lowest BCUT2D eigenvalue weighted by Gasteiger charge is -2.15. The average molecular weight is 269 g/mol. The smallest absolute Gasteiger partial charge is 0.260 e. The van der Waals surface area contributed by atoms with E-state index in [-0.39, 0.29) is 11.7 Å². The number of methoxy groups -OCH3 is 1. The number of ether oxygens (including phenoxy) is 2. The average Bonchev–Trinajstić information content (AvgIpc) is 2.39. The van der Waals surface area contributed by atoms with Gasteiger partial charge in [0.25, 0.3) is 5.91 Å². The van der Waals surface area contributed by atoms with E-state index in [1.165, 1.54) is 6.07 Å². The first-order valence-electron chi connectivity index (χ1n) is 6.24. The molecule has 0 bridgehead atoms. The fourth-order valence-corrected chi connectivity index (χ4v) is 1.53. The van der Waals surface area contributed by atoms with Crippen molar-refractivity contribution in [2.45, 2.75) is 26.4 Å². The van der Waals surface area contributed by atoms with Gasteiger partial charge in [0.15, 0.2) is 17.7 Å². The summed E-state index contributed by atoms with van der Waals surface area (Å²) in [7, 11) is 1.61. The molecule has 1 aromatic carbocycles. The van der Waals surface area contributed by atoms with Crippen LogP contribution in [-0.2, 0) is 9.53 Å². The molecule has 0 aliphatic heterocycles.